The lowest BCUT2D eigenvalue weighted by Crippen LogP contribution is -2.05. The monoisotopic (exact) mass is 127 g/mol. The van der Waals surface area contributed by atoms with Gasteiger partial charge in [0.1, 0.15) is 0 Å². The highest BCUT2D eigenvalue weighted by Gasteiger charge is 1.99. The van der Waals surface area contributed by atoms with Gasteiger partial charge in [-0.1, -0.05) is 13.5 Å². The van der Waals surface area contributed by atoms with Crippen LogP contribution in [0.25, 0.3) is 0 Å². The molecule has 0 aromatic heterocycles. The van der Waals surface area contributed by atoms with Crippen molar-refractivity contribution in [3.63, 3.8) is 0 Å². The Balaban J connectivity index is 3.39. The van der Waals surface area contributed by atoms with Crippen LogP contribution in [-0.2, 0) is 9.53 Å². The second kappa shape index (κ2) is 4.13. The summed E-state index contributed by atoms with van der Waals surface area (Å²) in [6.45, 7) is 9.03. The van der Waals surface area contributed by atoms with Crippen molar-refractivity contribution in [2.75, 3.05) is 6.61 Å². The zero-order valence-corrected chi connectivity index (χ0v) is 5.81. The van der Waals surface area contributed by atoms with E-state index in [1.807, 2.05) is 6.92 Å². The van der Waals surface area contributed by atoms with Gasteiger partial charge < -0.3 is 4.74 Å². The van der Waals surface area contributed by atoms with Crippen molar-refractivity contribution in [2.45, 2.75) is 20.3 Å². The van der Waals surface area contributed by atoms with Crippen LogP contribution in [0.1, 0.15) is 20.3 Å². The maximum absolute atomic E-state index is 10.5. The van der Waals surface area contributed by atoms with E-state index in [1.54, 1.807) is 0 Å². The molecular weight excluding hydrogens is 116 g/mol. The maximum atomic E-state index is 10.5. The Morgan fingerprint density at radius 2 is 2.22 bits per heavy atom. The van der Waals surface area contributed by atoms with E-state index >= 15 is 0 Å². The number of rotatable bonds is 3. The fourth-order valence-electron chi connectivity index (χ4n) is 0.309. The average molecular weight is 127 g/mol. The Hall–Kier alpha value is -0.790. The summed E-state index contributed by atoms with van der Waals surface area (Å²) in [6.07, 6.45) is 0.832. The molecule has 0 aromatic carbocycles. The van der Waals surface area contributed by atoms with E-state index in [4.69, 9.17) is 6.58 Å². The molecule has 0 amide bonds. The Labute approximate surface area is 55.5 Å². The van der Waals surface area contributed by atoms with Crippen LogP contribution in [0.5, 0.6) is 0 Å². The Morgan fingerprint density at radius 3 is 2.56 bits per heavy atom. The minimum absolute atomic E-state index is 0.212. The molecule has 9 heavy (non-hydrogen) atoms. The van der Waals surface area contributed by atoms with Gasteiger partial charge in [0.05, 0.1) is 6.61 Å². The first-order valence-corrected chi connectivity index (χ1v) is 2.94. The molecular formula is C7H11O2. The molecule has 0 aliphatic heterocycles. The van der Waals surface area contributed by atoms with Gasteiger partial charge in [-0.3, -0.25) is 0 Å². The van der Waals surface area contributed by atoms with Gasteiger partial charge in [0.25, 0.3) is 0 Å². The summed E-state index contributed by atoms with van der Waals surface area (Å²) < 4.78 is 4.65. The number of hydrogen-bond donors (Lipinski definition) is 0. The smallest absolute Gasteiger partial charge is 0.333 e. The van der Waals surface area contributed by atoms with Crippen LogP contribution < -0.4 is 0 Å². The first kappa shape index (κ1) is 8.21. The summed E-state index contributed by atoms with van der Waals surface area (Å²) in [4.78, 5) is 10.5. The van der Waals surface area contributed by atoms with Crippen LogP contribution in [0.3, 0.4) is 0 Å². The molecule has 0 heterocycles. The predicted octanol–water partition coefficient (Wildman–Crippen LogP) is 1.32. The Morgan fingerprint density at radius 1 is 1.67 bits per heavy atom. The largest absolute Gasteiger partial charge is 0.462 e. The molecule has 0 saturated heterocycles. The fourth-order valence-corrected chi connectivity index (χ4v) is 0.309. The van der Waals surface area contributed by atoms with E-state index < -0.39 is 5.97 Å². The average Bonchev–Trinajstić information content (AvgIpc) is 1.82. The van der Waals surface area contributed by atoms with Crippen molar-refractivity contribution >= 4 is 5.97 Å². The van der Waals surface area contributed by atoms with Crippen LogP contribution in [0, 0.1) is 6.58 Å². The molecule has 0 spiro atoms. The zero-order valence-electron chi connectivity index (χ0n) is 5.81. The molecule has 0 fully saturated rings. The Bertz CT molecular complexity index is 116. The van der Waals surface area contributed by atoms with Crippen LogP contribution in [0.15, 0.2) is 5.57 Å². The van der Waals surface area contributed by atoms with Crippen molar-refractivity contribution < 1.29 is 9.53 Å². The molecule has 2 heteroatoms. The van der Waals surface area contributed by atoms with Gasteiger partial charge in [0, 0.05) is 5.57 Å². The van der Waals surface area contributed by atoms with E-state index in [2.05, 4.69) is 4.74 Å². The van der Waals surface area contributed by atoms with Gasteiger partial charge in [-0.15, -0.1) is 0 Å². The van der Waals surface area contributed by atoms with Crippen molar-refractivity contribution in [3.05, 3.63) is 12.2 Å². The molecule has 0 saturated carbocycles. The lowest BCUT2D eigenvalue weighted by molar-refractivity contribution is -0.138. The van der Waals surface area contributed by atoms with E-state index in [9.17, 15) is 4.79 Å². The second-order valence-electron chi connectivity index (χ2n) is 1.82. The van der Waals surface area contributed by atoms with Gasteiger partial charge >= 0.3 is 5.97 Å². The predicted molar refractivity (Wildman–Crippen MR) is 34.7 cm³/mol. The molecule has 2 nitrogen and oxygen atoms in total. The van der Waals surface area contributed by atoms with Crippen LogP contribution in [-0.4, -0.2) is 12.6 Å². The number of carbonyl (C=O) groups excluding carboxylic acids is 1. The molecule has 1 radical (unpaired) electrons. The molecule has 0 atom stereocenters. The third kappa shape index (κ3) is 3.76. The molecule has 51 valence electrons. The first-order valence-electron chi connectivity index (χ1n) is 2.94. The second-order valence-corrected chi connectivity index (χ2v) is 1.82. The van der Waals surface area contributed by atoms with Gasteiger partial charge in [0.15, 0.2) is 0 Å². The zero-order chi connectivity index (χ0) is 7.28. The highest BCUT2D eigenvalue weighted by atomic mass is 16.5. The minimum Gasteiger partial charge on any atom is -0.462 e. The number of carbonyl (C=O) groups is 1. The molecule has 0 aliphatic carbocycles. The van der Waals surface area contributed by atoms with Gasteiger partial charge in [-0.2, -0.15) is 0 Å². The fraction of sp³-hybridized carbons (Fsp3) is 0.571. The normalized spacial score (nSPS) is 8.67. The number of hydrogen-bond acceptors (Lipinski definition) is 2. The van der Waals surface area contributed by atoms with Crippen molar-refractivity contribution in [1.29, 1.82) is 0 Å². The highest BCUT2D eigenvalue weighted by Crippen LogP contribution is 1.91. The van der Waals surface area contributed by atoms with Gasteiger partial charge in [-0.05, 0) is 13.3 Å². The summed E-state index contributed by atoms with van der Waals surface area (Å²) in [7, 11) is 0. The van der Waals surface area contributed by atoms with E-state index in [0.29, 0.717) is 6.61 Å². The van der Waals surface area contributed by atoms with Crippen molar-refractivity contribution in [3.8, 4) is 0 Å². The van der Waals surface area contributed by atoms with Gasteiger partial charge in [-0.25, -0.2) is 4.79 Å². The molecule has 0 aliphatic rings. The number of esters is 1. The third-order valence-electron chi connectivity index (χ3n) is 0.759. The van der Waals surface area contributed by atoms with E-state index in [-0.39, 0.29) is 5.57 Å². The molecule has 0 unspecified atom stereocenters. The van der Waals surface area contributed by atoms with Gasteiger partial charge in [0.2, 0.25) is 0 Å². The van der Waals surface area contributed by atoms with E-state index in [1.165, 1.54) is 6.92 Å². The number of ether oxygens (including phenoxy) is 1. The topological polar surface area (TPSA) is 26.3 Å². The van der Waals surface area contributed by atoms with Crippen LogP contribution in [0.4, 0.5) is 0 Å². The molecule has 0 N–H and O–H groups in total. The summed E-state index contributed by atoms with van der Waals surface area (Å²) >= 11 is 0. The summed E-state index contributed by atoms with van der Waals surface area (Å²) in [5, 5.41) is 0. The highest BCUT2D eigenvalue weighted by molar-refractivity contribution is 5.86. The lowest BCUT2D eigenvalue weighted by Gasteiger charge is -1.99. The van der Waals surface area contributed by atoms with Crippen LogP contribution in [0.2, 0.25) is 0 Å². The quantitative estimate of drug-likeness (QED) is 0.422. The van der Waals surface area contributed by atoms with Crippen LogP contribution >= 0.6 is 0 Å². The minimum atomic E-state index is -0.406. The summed E-state index contributed by atoms with van der Waals surface area (Å²) in [5.41, 5.74) is 0.212. The summed E-state index contributed by atoms with van der Waals surface area (Å²) in [5.74, 6) is -0.406. The molecule has 0 bridgehead atoms. The summed E-state index contributed by atoms with van der Waals surface area (Å²) in [6, 6.07) is 0. The maximum Gasteiger partial charge on any atom is 0.333 e. The molecule has 0 aromatic rings. The van der Waals surface area contributed by atoms with Crippen molar-refractivity contribution in [1.82, 2.24) is 0 Å². The van der Waals surface area contributed by atoms with E-state index in [0.717, 1.165) is 6.42 Å². The first-order chi connectivity index (χ1) is 4.18. The third-order valence-corrected chi connectivity index (χ3v) is 0.759. The SMILES string of the molecule is [CH]=C(C)C(=O)OCCC. The molecule has 0 rings (SSSR count). The standard InChI is InChI=1S/C7H11O2/c1-4-5-9-7(8)6(2)3/h2H,4-5H2,1,3H3. The van der Waals surface area contributed by atoms with Crippen molar-refractivity contribution in [2.24, 2.45) is 0 Å². The lowest BCUT2D eigenvalue weighted by atomic mass is 10.4. The Kier molecular flexibility index (Phi) is 3.76.